The van der Waals surface area contributed by atoms with E-state index in [4.69, 9.17) is 16.3 Å². The van der Waals surface area contributed by atoms with Gasteiger partial charge in [-0.15, -0.1) is 11.3 Å². The fourth-order valence-corrected chi connectivity index (χ4v) is 3.68. The van der Waals surface area contributed by atoms with Crippen LogP contribution >= 0.6 is 22.9 Å². The van der Waals surface area contributed by atoms with Crippen LogP contribution in [-0.2, 0) is 4.79 Å². The van der Waals surface area contributed by atoms with Crippen molar-refractivity contribution < 1.29 is 14.3 Å². The minimum absolute atomic E-state index is 0.124. The number of carbonyl (C=O) groups excluding carboxylic acids is 2. The third kappa shape index (κ3) is 4.93. The molecule has 0 atom stereocenters. The van der Waals surface area contributed by atoms with Gasteiger partial charge in [0.1, 0.15) is 5.75 Å². The molecule has 2 amide bonds. The smallest absolute Gasteiger partial charge is 0.255 e. The Morgan fingerprint density at radius 3 is 2.69 bits per heavy atom. The molecule has 0 saturated heterocycles. The molecule has 29 heavy (non-hydrogen) atoms. The highest BCUT2D eigenvalue weighted by molar-refractivity contribution is 7.13. The number of nitrogens with zero attached hydrogens (tertiary/aromatic N) is 2. The summed E-state index contributed by atoms with van der Waals surface area (Å²) in [6.07, 6.45) is 0. The van der Waals surface area contributed by atoms with E-state index in [1.807, 2.05) is 23.6 Å². The standard InChI is InChI=1S/C21H20ClN3O3S/c1-13-15(7-8-16(23-13)19-5-4-10-29-19)21(27)25(2)12-20(26)24-17-11-14(22)6-9-18(17)28-3/h4-11H,12H2,1-3H3,(H,24,26). The van der Waals surface area contributed by atoms with Crippen LogP contribution in [0.25, 0.3) is 10.6 Å². The summed E-state index contributed by atoms with van der Waals surface area (Å²) in [4.78, 5) is 32.1. The van der Waals surface area contributed by atoms with E-state index in [0.29, 0.717) is 27.7 Å². The molecule has 0 fully saturated rings. The number of hydrogen-bond donors (Lipinski definition) is 1. The SMILES string of the molecule is COc1ccc(Cl)cc1NC(=O)CN(C)C(=O)c1ccc(-c2cccs2)nc1C. The van der Waals surface area contributed by atoms with Gasteiger partial charge in [-0.1, -0.05) is 17.7 Å². The van der Waals surface area contributed by atoms with Crippen molar-refractivity contribution in [3.63, 3.8) is 0 Å². The summed E-state index contributed by atoms with van der Waals surface area (Å²) in [6, 6.07) is 12.4. The van der Waals surface area contributed by atoms with E-state index in [9.17, 15) is 9.59 Å². The zero-order valence-corrected chi connectivity index (χ0v) is 17.8. The topological polar surface area (TPSA) is 71.5 Å². The van der Waals surface area contributed by atoms with Crippen molar-refractivity contribution in [2.75, 3.05) is 26.0 Å². The normalized spacial score (nSPS) is 10.5. The predicted octanol–water partition coefficient (Wildman–Crippen LogP) is 4.49. The van der Waals surface area contributed by atoms with Crippen molar-refractivity contribution in [3.05, 3.63) is 64.1 Å². The number of aromatic nitrogens is 1. The van der Waals surface area contributed by atoms with Crippen molar-refractivity contribution in [2.45, 2.75) is 6.92 Å². The molecule has 150 valence electrons. The van der Waals surface area contributed by atoms with E-state index in [1.54, 1.807) is 49.6 Å². The number of aryl methyl sites for hydroxylation is 1. The lowest BCUT2D eigenvalue weighted by molar-refractivity contribution is -0.116. The summed E-state index contributed by atoms with van der Waals surface area (Å²) in [5.41, 5.74) is 2.34. The van der Waals surface area contributed by atoms with E-state index >= 15 is 0 Å². The fraction of sp³-hybridized carbons (Fsp3) is 0.190. The third-order valence-corrected chi connectivity index (χ3v) is 5.38. The second-order valence-electron chi connectivity index (χ2n) is 6.36. The number of hydrogen-bond acceptors (Lipinski definition) is 5. The molecular weight excluding hydrogens is 410 g/mol. The van der Waals surface area contributed by atoms with Crippen molar-refractivity contribution in [2.24, 2.45) is 0 Å². The quantitative estimate of drug-likeness (QED) is 0.626. The van der Waals surface area contributed by atoms with Crippen LogP contribution in [0.3, 0.4) is 0 Å². The van der Waals surface area contributed by atoms with Gasteiger partial charge in [0.15, 0.2) is 0 Å². The molecule has 1 aromatic carbocycles. The molecule has 8 heteroatoms. The first-order valence-electron chi connectivity index (χ1n) is 8.79. The Morgan fingerprint density at radius 2 is 2.03 bits per heavy atom. The van der Waals surface area contributed by atoms with Crippen LogP contribution in [0.15, 0.2) is 47.8 Å². The van der Waals surface area contributed by atoms with E-state index in [0.717, 1.165) is 10.6 Å². The van der Waals surface area contributed by atoms with E-state index in [1.165, 1.54) is 12.0 Å². The zero-order valence-electron chi connectivity index (χ0n) is 16.2. The fourth-order valence-electron chi connectivity index (χ4n) is 2.81. The minimum atomic E-state index is -0.359. The number of amides is 2. The number of ether oxygens (including phenoxy) is 1. The Balaban J connectivity index is 1.69. The van der Waals surface area contributed by atoms with Gasteiger partial charge in [0.05, 0.1) is 41.2 Å². The monoisotopic (exact) mass is 429 g/mol. The lowest BCUT2D eigenvalue weighted by Crippen LogP contribution is -2.35. The Kier molecular flexibility index (Phi) is 6.51. The number of likely N-dealkylation sites (N-methyl/N-ethyl adjacent to an activating group) is 1. The number of rotatable bonds is 6. The van der Waals surface area contributed by atoms with E-state index in [-0.39, 0.29) is 18.4 Å². The van der Waals surface area contributed by atoms with Gasteiger partial charge in [0.25, 0.3) is 5.91 Å². The maximum atomic E-state index is 12.8. The first-order chi connectivity index (χ1) is 13.9. The number of thiophene rings is 1. The summed E-state index contributed by atoms with van der Waals surface area (Å²) >= 11 is 7.57. The molecule has 0 aliphatic rings. The van der Waals surface area contributed by atoms with Crippen LogP contribution in [0.5, 0.6) is 5.75 Å². The first-order valence-corrected chi connectivity index (χ1v) is 10.0. The molecule has 6 nitrogen and oxygen atoms in total. The van der Waals surface area contributed by atoms with Crippen LogP contribution in [-0.4, -0.2) is 42.4 Å². The van der Waals surface area contributed by atoms with Gasteiger partial charge < -0.3 is 15.0 Å². The highest BCUT2D eigenvalue weighted by Crippen LogP contribution is 2.28. The van der Waals surface area contributed by atoms with E-state index < -0.39 is 0 Å². The summed E-state index contributed by atoms with van der Waals surface area (Å²) in [5, 5.41) is 5.17. The number of nitrogens with one attached hydrogen (secondary N) is 1. The van der Waals surface area contributed by atoms with Crippen LogP contribution in [0.1, 0.15) is 16.1 Å². The number of benzene rings is 1. The largest absolute Gasteiger partial charge is 0.495 e. The number of halogens is 1. The van der Waals surface area contributed by atoms with Gasteiger partial charge in [-0.3, -0.25) is 14.6 Å². The lowest BCUT2D eigenvalue weighted by atomic mass is 10.1. The van der Waals surface area contributed by atoms with Crippen LogP contribution < -0.4 is 10.1 Å². The molecule has 0 aliphatic heterocycles. The van der Waals surface area contributed by atoms with Crippen molar-refractivity contribution in [1.29, 1.82) is 0 Å². The van der Waals surface area contributed by atoms with Gasteiger partial charge in [0.2, 0.25) is 5.91 Å². The molecule has 0 radical (unpaired) electrons. The molecule has 0 bridgehead atoms. The lowest BCUT2D eigenvalue weighted by Gasteiger charge is -2.18. The van der Waals surface area contributed by atoms with Gasteiger partial charge in [-0.05, 0) is 48.7 Å². The summed E-state index contributed by atoms with van der Waals surface area (Å²) in [6.45, 7) is 1.66. The van der Waals surface area contributed by atoms with Crippen LogP contribution in [0.4, 0.5) is 5.69 Å². The van der Waals surface area contributed by atoms with Crippen molar-refractivity contribution in [1.82, 2.24) is 9.88 Å². The maximum absolute atomic E-state index is 12.8. The van der Waals surface area contributed by atoms with Gasteiger partial charge in [-0.25, -0.2) is 0 Å². The number of methoxy groups -OCH3 is 1. The van der Waals surface area contributed by atoms with Gasteiger partial charge in [-0.2, -0.15) is 0 Å². The predicted molar refractivity (Wildman–Crippen MR) is 116 cm³/mol. The number of carbonyl (C=O) groups is 2. The van der Waals surface area contributed by atoms with Crippen LogP contribution in [0, 0.1) is 6.92 Å². The van der Waals surface area contributed by atoms with Crippen LogP contribution in [0.2, 0.25) is 5.02 Å². The minimum Gasteiger partial charge on any atom is -0.495 e. The molecule has 0 saturated carbocycles. The number of pyridine rings is 1. The second kappa shape index (κ2) is 9.07. The molecule has 2 aromatic heterocycles. The zero-order chi connectivity index (χ0) is 21.0. The molecule has 0 spiro atoms. The third-order valence-electron chi connectivity index (χ3n) is 4.25. The second-order valence-corrected chi connectivity index (χ2v) is 7.74. The highest BCUT2D eigenvalue weighted by Gasteiger charge is 2.19. The molecular formula is C21H20ClN3O3S. The Morgan fingerprint density at radius 1 is 1.24 bits per heavy atom. The molecule has 3 aromatic rings. The average Bonchev–Trinajstić information content (AvgIpc) is 3.22. The van der Waals surface area contributed by atoms with E-state index in [2.05, 4.69) is 10.3 Å². The summed E-state index contributed by atoms with van der Waals surface area (Å²) in [5.74, 6) is -0.149. The highest BCUT2D eigenvalue weighted by atomic mass is 35.5. The molecule has 1 N–H and O–H groups in total. The summed E-state index contributed by atoms with van der Waals surface area (Å²) in [7, 11) is 3.08. The molecule has 2 heterocycles. The molecule has 0 aliphatic carbocycles. The Labute approximate surface area is 178 Å². The van der Waals surface area contributed by atoms with Gasteiger partial charge in [0, 0.05) is 12.1 Å². The average molecular weight is 430 g/mol. The number of anilines is 1. The Bertz CT molecular complexity index is 1040. The van der Waals surface area contributed by atoms with Crippen molar-refractivity contribution >= 4 is 40.4 Å². The summed E-state index contributed by atoms with van der Waals surface area (Å²) < 4.78 is 5.22. The Hall–Kier alpha value is -2.90. The van der Waals surface area contributed by atoms with Gasteiger partial charge >= 0.3 is 0 Å². The van der Waals surface area contributed by atoms with Crippen molar-refractivity contribution in [3.8, 4) is 16.3 Å². The molecule has 3 rings (SSSR count). The maximum Gasteiger partial charge on any atom is 0.255 e. The molecule has 0 unspecified atom stereocenters. The first kappa shape index (κ1) is 20.8.